The molecule has 0 N–H and O–H groups in total. The number of hydrogen-bond acceptors (Lipinski definition) is 3. The van der Waals surface area contributed by atoms with Crippen LogP contribution in [0.25, 0.3) is 4.98 Å². The number of nitro benzene ring substituents is 1. The van der Waals surface area contributed by atoms with Gasteiger partial charge in [0.1, 0.15) is 5.82 Å². The molecule has 0 radical (unpaired) electrons. The zero-order valence-electron chi connectivity index (χ0n) is 6.45. The maximum Gasteiger partial charge on any atom is 0.464 e. The Hall–Kier alpha value is -1.45. The lowest BCUT2D eigenvalue weighted by atomic mass is 10.2. The largest absolute Gasteiger partial charge is 1.00 e. The Morgan fingerprint density at radius 1 is 1.57 bits per heavy atom. The van der Waals surface area contributed by atoms with Crippen LogP contribution in [0, 0.1) is 21.3 Å². The van der Waals surface area contributed by atoms with Gasteiger partial charge in [-0.25, -0.2) is 4.39 Å². The average molecular weight is 238 g/mol. The monoisotopic (exact) mass is 237 g/mol. The van der Waals surface area contributed by atoms with Gasteiger partial charge in [0.25, 0.3) is 0 Å². The highest BCUT2D eigenvalue weighted by Crippen LogP contribution is 2.32. The van der Waals surface area contributed by atoms with E-state index in [1.165, 1.54) is 0 Å². The Morgan fingerprint density at radius 2 is 2.14 bits per heavy atom. The van der Waals surface area contributed by atoms with Crippen LogP contribution in [0.15, 0.2) is 12.1 Å². The number of nitrogens with zero attached hydrogens (tertiary/aromatic N) is 3. The minimum Gasteiger partial charge on any atom is -1.00 e. The fraction of sp³-hybridized carbons (Fsp3) is 0. The first-order valence-electron chi connectivity index (χ1n) is 3.05. The van der Waals surface area contributed by atoms with Gasteiger partial charge in [-0.2, -0.15) is 0 Å². The molecule has 0 heterocycles. The molecule has 0 spiro atoms. The number of halogens is 3. The Balaban J connectivity index is 0.00000169. The summed E-state index contributed by atoms with van der Waals surface area (Å²) in [4.78, 5) is 12.0. The normalized spacial score (nSPS) is 8.64. The van der Waals surface area contributed by atoms with Crippen LogP contribution < -0.4 is 12.4 Å². The van der Waals surface area contributed by atoms with Crippen molar-refractivity contribution in [2.24, 2.45) is 0 Å². The lowest BCUT2D eigenvalue weighted by Crippen LogP contribution is -3.00. The third-order valence-electron chi connectivity index (χ3n) is 1.32. The van der Waals surface area contributed by atoms with E-state index in [-0.39, 0.29) is 17.4 Å². The molecule has 14 heavy (non-hydrogen) atoms. The summed E-state index contributed by atoms with van der Waals surface area (Å²) < 4.78 is 12.7. The predicted octanol–water partition coefficient (Wildman–Crippen LogP) is -0.124. The highest BCUT2D eigenvalue weighted by Gasteiger charge is 2.27. The summed E-state index contributed by atoms with van der Waals surface area (Å²) in [6, 6.07) is 1.46. The van der Waals surface area contributed by atoms with Crippen molar-refractivity contribution >= 4 is 23.0 Å². The average Bonchev–Trinajstić information content (AvgIpc) is 2.08. The number of benzene rings is 1. The van der Waals surface area contributed by atoms with E-state index >= 15 is 0 Å². The van der Waals surface area contributed by atoms with Gasteiger partial charge in [-0.05, 0) is 0 Å². The van der Waals surface area contributed by atoms with Crippen molar-refractivity contribution in [3.05, 3.63) is 38.1 Å². The number of diazo groups is 1. The Kier molecular flexibility index (Phi) is 4.21. The first-order chi connectivity index (χ1) is 6.06. The fourth-order valence-corrected chi connectivity index (χ4v) is 0.910. The van der Waals surface area contributed by atoms with Crippen molar-refractivity contribution in [3.63, 3.8) is 0 Å². The maximum atomic E-state index is 12.7. The zero-order valence-corrected chi connectivity index (χ0v) is 7.96. The van der Waals surface area contributed by atoms with Crippen molar-refractivity contribution in [1.82, 2.24) is 0 Å². The molecule has 74 valence electrons. The van der Waals surface area contributed by atoms with Gasteiger partial charge in [0.2, 0.25) is 5.39 Å². The molecule has 0 bridgehead atoms. The zero-order chi connectivity index (χ0) is 10.0. The quantitative estimate of drug-likeness (QED) is 0.389. The van der Waals surface area contributed by atoms with Crippen molar-refractivity contribution in [3.8, 4) is 0 Å². The van der Waals surface area contributed by atoms with Crippen LogP contribution in [0.3, 0.4) is 0 Å². The molecular weight excluding hydrogens is 236 g/mol. The molecule has 8 heteroatoms. The lowest BCUT2D eigenvalue weighted by molar-refractivity contribution is -0.383. The van der Waals surface area contributed by atoms with Gasteiger partial charge in [0, 0.05) is 6.07 Å². The minimum atomic E-state index is -0.875. The second kappa shape index (κ2) is 4.69. The first kappa shape index (κ1) is 12.6. The summed E-state index contributed by atoms with van der Waals surface area (Å²) in [6.07, 6.45) is 0. The van der Waals surface area contributed by atoms with E-state index in [2.05, 4.69) is 4.98 Å². The predicted molar refractivity (Wildman–Crippen MR) is 42.8 cm³/mol. The van der Waals surface area contributed by atoms with Gasteiger partial charge in [-0.15, -0.1) is 0 Å². The van der Waals surface area contributed by atoms with E-state index in [1.54, 1.807) is 0 Å². The van der Waals surface area contributed by atoms with E-state index in [1.807, 2.05) is 0 Å². The van der Waals surface area contributed by atoms with Crippen LogP contribution in [0.4, 0.5) is 15.8 Å². The van der Waals surface area contributed by atoms with Crippen LogP contribution in [-0.2, 0) is 0 Å². The molecule has 0 fully saturated rings. The Bertz CT molecular complexity index is 418. The molecular formula is C6H2Cl2FN3O2. The first-order valence-corrected chi connectivity index (χ1v) is 3.42. The van der Waals surface area contributed by atoms with Gasteiger partial charge in [-0.3, -0.25) is 10.1 Å². The molecule has 5 nitrogen and oxygen atoms in total. The lowest BCUT2D eigenvalue weighted by Gasteiger charge is -1.90. The molecule has 1 rings (SSSR count). The van der Waals surface area contributed by atoms with Crippen molar-refractivity contribution < 1.29 is 21.7 Å². The summed E-state index contributed by atoms with van der Waals surface area (Å²) in [5.74, 6) is -0.875. The van der Waals surface area contributed by atoms with Gasteiger partial charge < -0.3 is 12.4 Å². The number of hydrogen-bond donors (Lipinski definition) is 0. The van der Waals surface area contributed by atoms with Gasteiger partial charge in [0.15, 0.2) is 4.98 Å². The molecule has 1 aromatic carbocycles. The molecule has 0 saturated heterocycles. The SMILES string of the molecule is N#[N+]c1cc(F)c(Cl)cc1[N+](=O)[O-].[Cl-]. The van der Waals surface area contributed by atoms with Gasteiger partial charge in [0.05, 0.1) is 16.0 Å². The Labute approximate surface area is 88.7 Å². The number of nitro groups is 1. The van der Waals surface area contributed by atoms with Crippen LogP contribution >= 0.6 is 11.6 Å². The summed E-state index contributed by atoms with van der Waals surface area (Å²) in [7, 11) is 0. The van der Waals surface area contributed by atoms with Crippen LogP contribution in [0.1, 0.15) is 0 Å². The van der Waals surface area contributed by atoms with E-state index in [0.717, 1.165) is 6.07 Å². The second-order valence-electron chi connectivity index (χ2n) is 2.11. The highest BCUT2D eigenvalue weighted by molar-refractivity contribution is 6.31. The third-order valence-corrected chi connectivity index (χ3v) is 1.61. The summed E-state index contributed by atoms with van der Waals surface area (Å²) in [5, 5.41) is 18.2. The summed E-state index contributed by atoms with van der Waals surface area (Å²) in [5.41, 5.74) is -1.01. The van der Waals surface area contributed by atoms with Crippen LogP contribution in [0.2, 0.25) is 5.02 Å². The molecule has 0 aliphatic rings. The Morgan fingerprint density at radius 3 is 2.57 bits per heavy atom. The third kappa shape index (κ3) is 2.28. The van der Waals surface area contributed by atoms with Crippen molar-refractivity contribution in [2.75, 3.05) is 0 Å². The standard InChI is InChI=1S/C6H2ClFN3O2.ClH/c7-3-1-6(11(12)13)5(10-9)2-4(3)8;/h1-2H;1H/q+1;/p-1. The van der Waals surface area contributed by atoms with E-state index in [4.69, 9.17) is 17.0 Å². The summed E-state index contributed by atoms with van der Waals surface area (Å²) >= 11 is 5.28. The molecule has 0 atom stereocenters. The van der Waals surface area contributed by atoms with Crippen LogP contribution in [0.5, 0.6) is 0 Å². The van der Waals surface area contributed by atoms with Crippen LogP contribution in [-0.4, -0.2) is 4.92 Å². The second-order valence-corrected chi connectivity index (χ2v) is 2.52. The van der Waals surface area contributed by atoms with Gasteiger partial charge in [-0.1, -0.05) is 11.6 Å². The summed E-state index contributed by atoms with van der Waals surface area (Å²) in [6.45, 7) is 0. The highest BCUT2D eigenvalue weighted by atomic mass is 35.5. The molecule has 0 unspecified atom stereocenters. The minimum absolute atomic E-state index is 0. The fourth-order valence-electron chi connectivity index (χ4n) is 0.752. The van der Waals surface area contributed by atoms with E-state index in [9.17, 15) is 14.5 Å². The molecule has 0 amide bonds. The van der Waals surface area contributed by atoms with Crippen molar-refractivity contribution in [1.29, 1.82) is 5.39 Å². The topological polar surface area (TPSA) is 71.3 Å². The number of rotatable bonds is 1. The van der Waals surface area contributed by atoms with Crippen molar-refractivity contribution in [2.45, 2.75) is 0 Å². The molecule has 0 aromatic heterocycles. The van der Waals surface area contributed by atoms with Gasteiger partial charge >= 0.3 is 11.4 Å². The molecule has 0 aliphatic carbocycles. The van der Waals surface area contributed by atoms with E-state index in [0.29, 0.717) is 6.07 Å². The van der Waals surface area contributed by atoms with E-state index < -0.39 is 22.1 Å². The smallest absolute Gasteiger partial charge is 0.464 e. The molecule has 0 aliphatic heterocycles. The molecule has 1 aromatic rings. The maximum absolute atomic E-state index is 12.7. The molecule has 0 saturated carbocycles.